The molecule has 2 aromatic rings. The number of pyridine rings is 1. The number of nitrogens with zero attached hydrogens (tertiary/aromatic N) is 2. The van der Waals surface area contributed by atoms with Crippen LogP contribution in [0.5, 0.6) is 0 Å². The van der Waals surface area contributed by atoms with Crippen LogP contribution in [0.25, 0.3) is 5.57 Å². The second-order valence-electron chi connectivity index (χ2n) is 5.56. The van der Waals surface area contributed by atoms with Crippen LogP contribution in [0.2, 0.25) is 0 Å². The van der Waals surface area contributed by atoms with E-state index >= 15 is 0 Å². The van der Waals surface area contributed by atoms with Gasteiger partial charge in [-0.1, -0.05) is 35.4 Å². The molecule has 1 aromatic heterocycles. The predicted molar refractivity (Wildman–Crippen MR) is 88.5 cm³/mol. The van der Waals surface area contributed by atoms with Gasteiger partial charge < -0.3 is 0 Å². The molecule has 0 spiro atoms. The molecule has 0 atom stereocenters. The van der Waals surface area contributed by atoms with E-state index in [1.807, 2.05) is 32.0 Å². The molecule has 1 aliphatic rings. The van der Waals surface area contributed by atoms with E-state index in [0.29, 0.717) is 5.56 Å². The van der Waals surface area contributed by atoms with Crippen LogP contribution in [-0.4, -0.2) is 21.7 Å². The third-order valence-electron chi connectivity index (χ3n) is 3.85. The van der Waals surface area contributed by atoms with Gasteiger partial charge in [-0.15, -0.1) is 0 Å². The van der Waals surface area contributed by atoms with E-state index in [1.165, 1.54) is 4.90 Å². The number of imide groups is 1. The van der Waals surface area contributed by atoms with Crippen molar-refractivity contribution in [1.29, 1.82) is 0 Å². The fourth-order valence-corrected chi connectivity index (χ4v) is 2.97. The molecule has 5 heteroatoms. The van der Waals surface area contributed by atoms with Crippen LogP contribution in [-0.2, 0) is 16.1 Å². The van der Waals surface area contributed by atoms with E-state index in [0.717, 1.165) is 16.7 Å². The second-order valence-corrected chi connectivity index (χ2v) is 5.94. The zero-order valence-corrected chi connectivity index (χ0v) is 13.6. The lowest BCUT2D eigenvalue weighted by atomic mass is 9.99. The van der Waals surface area contributed by atoms with E-state index in [9.17, 15) is 9.59 Å². The van der Waals surface area contributed by atoms with Gasteiger partial charge in [0.15, 0.2) is 0 Å². The molecule has 116 valence electrons. The van der Waals surface area contributed by atoms with Gasteiger partial charge in [-0.2, -0.15) is 0 Å². The number of hydrogen-bond acceptors (Lipinski definition) is 3. The second kappa shape index (κ2) is 5.97. The first kappa shape index (κ1) is 15.4. The molecule has 2 heterocycles. The Bertz CT molecular complexity index is 828. The monoisotopic (exact) mass is 326 g/mol. The van der Waals surface area contributed by atoms with Crippen molar-refractivity contribution in [3.05, 3.63) is 70.0 Å². The minimum atomic E-state index is -0.455. The summed E-state index contributed by atoms with van der Waals surface area (Å²) < 4.78 is 0. The molecule has 0 unspecified atom stereocenters. The quantitative estimate of drug-likeness (QED) is 0.814. The zero-order valence-electron chi connectivity index (χ0n) is 12.8. The van der Waals surface area contributed by atoms with Crippen LogP contribution in [0.3, 0.4) is 0 Å². The van der Waals surface area contributed by atoms with Crippen LogP contribution < -0.4 is 0 Å². The summed E-state index contributed by atoms with van der Waals surface area (Å²) in [5.74, 6) is -0.813. The Labute approximate surface area is 139 Å². The number of rotatable bonds is 3. The first-order valence-corrected chi connectivity index (χ1v) is 7.59. The molecule has 0 aliphatic carbocycles. The Kier molecular flexibility index (Phi) is 4.01. The lowest BCUT2D eigenvalue weighted by Gasteiger charge is -2.15. The molecule has 1 aromatic carbocycles. The summed E-state index contributed by atoms with van der Waals surface area (Å²) in [6.45, 7) is 4.07. The highest BCUT2D eigenvalue weighted by atomic mass is 35.5. The van der Waals surface area contributed by atoms with E-state index in [1.54, 1.807) is 24.5 Å². The smallest absolute Gasteiger partial charge is 0.269 e. The van der Waals surface area contributed by atoms with Crippen LogP contribution >= 0.6 is 11.6 Å². The van der Waals surface area contributed by atoms with Crippen molar-refractivity contribution in [2.24, 2.45) is 0 Å². The van der Waals surface area contributed by atoms with Gasteiger partial charge in [0, 0.05) is 12.4 Å². The van der Waals surface area contributed by atoms with Crippen molar-refractivity contribution in [3.8, 4) is 0 Å². The molecule has 0 saturated carbocycles. The largest absolute Gasteiger partial charge is 0.273 e. The number of carbonyl (C=O) groups is 2. The maximum atomic E-state index is 12.7. The van der Waals surface area contributed by atoms with Crippen molar-refractivity contribution >= 4 is 29.0 Å². The number of benzene rings is 1. The lowest BCUT2D eigenvalue weighted by molar-refractivity contribution is -0.137. The number of aryl methyl sites for hydroxylation is 2. The first-order valence-electron chi connectivity index (χ1n) is 7.21. The van der Waals surface area contributed by atoms with Crippen LogP contribution in [0.1, 0.15) is 22.3 Å². The Morgan fingerprint density at radius 3 is 2.39 bits per heavy atom. The molecule has 0 bridgehead atoms. The maximum Gasteiger partial charge on any atom is 0.273 e. The SMILES string of the molecule is Cc1ccc(C2=C(Cl)C(=O)N(Cc3ccncc3)C2=O)c(C)c1. The highest BCUT2D eigenvalue weighted by Crippen LogP contribution is 2.34. The molecule has 1 aliphatic heterocycles. The summed E-state index contributed by atoms with van der Waals surface area (Å²) in [5.41, 5.74) is 3.82. The van der Waals surface area contributed by atoms with Crippen LogP contribution in [0.15, 0.2) is 47.8 Å². The Balaban J connectivity index is 1.96. The summed E-state index contributed by atoms with van der Waals surface area (Å²) in [6, 6.07) is 9.25. The molecule has 0 fully saturated rings. The lowest BCUT2D eigenvalue weighted by Crippen LogP contribution is -2.30. The van der Waals surface area contributed by atoms with Crippen molar-refractivity contribution < 1.29 is 9.59 Å². The fraction of sp³-hybridized carbons (Fsp3) is 0.167. The highest BCUT2D eigenvalue weighted by molar-refractivity contribution is 6.55. The minimum Gasteiger partial charge on any atom is -0.269 e. The van der Waals surface area contributed by atoms with E-state index in [2.05, 4.69) is 4.98 Å². The number of amides is 2. The Morgan fingerprint density at radius 1 is 1.04 bits per heavy atom. The standard InChI is InChI=1S/C18H15ClN2O2/c1-11-3-4-14(12(2)9-11)15-16(19)18(23)21(17(15)22)10-13-5-7-20-8-6-13/h3-9H,10H2,1-2H3. The number of aromatic nitrogens is 1. The molecular formula is C18H15ClN2O2. The summed E-state index contributed by atoms with van der Waals surface area (Å²) in [5, 5.41) is -0.0176. The van der Waals surface area contributed by atoms with E-state index in [-0.39, 0.29) is 23.1 Å². The van der Waals surface area contributed by atoms with Gasteiger partial charge in [0.1, 0.15) is 5.03 Å². The van der Waals surface area contributed by atoms with Gasteiger partial charge in [0.05, 0.1) is 12.1 Å². The third-order valence-corrected chi connectivity index (χ3v) is 4.20. The molecule has 2 amide bonds. The highest BCUT2D eigenvalue weighted by Gasteiger charge is 2.38. The van der Waals surface area contributed by atoms with Crippen LogP contribution in [0.4, 0.5) is 0 Å². The van der Waals surface area contributed by atoms with Crippen molar-refractivity contribution in [2.75, 3.05) is 0 Å². The Hall–Kier alpha value is -2.46. The third kappa shape index (κ3) is 2.78. The van der Waals surface area contributed by atoms with Gasteiger partial charge in [-0.25, -0.2) is 0 Å². The predicted octanol–water partition coefficient (Wildman–Crippen LogP) is 3.22. The number of carbonyl (C=O) groups excluding carboxylic acids is 2. The van der Waals surface area contributed by atoms with Crippen molar-refractivity contribution in [3.63, 3.8) is 0 Å². The van der Waals surface area contributed by atoms with Gasteiger partial charge in [0.2, 0.25) is 0 Å². The minimum absolute atomic E-state index is 0.0176. The summed E-state index contributed by atoms with van der Waals surface area (Å²) >= 11 is 6.19. The number of hydrogen-bond donors (Lipinski definition) is 0. The molecule has 0 saturated heterocycles. The van der Waals surface area contributed by atoms with Crippen molar-refractivity contribution in [2.45, 2.75) is 20.4 Å². The summed E-state index contributed by atoms with van der Waals surface area (Å²) in [7, 11) is 0. The number of halogens is 1. The van der Waals surface area contributed by atoms with E-state index in [4.69, 9.17) is 11.6 Å². The van der Waals surface area contributed by atoms with Crippen LogP contribution in [0, 0.1) is 13.8 Å². The van der Waals surface area contributed by atoms with Gasteiger partial charge in [-0.05, 0) is 42.7 Å². The average molecular weight is 327 g/mol. The Morgan fingerprint density at radius 2 is 1.74 bits per heavy atom. The maximum absolute atomic E-state index is 12.7. The first-order chi connectivity index (χ1) is 11.0. The zero-order chi connectivity index (χ0) is 16.6. The van der Waals surface area contributed by atoms with Gasteiger partial charge in [0.25, 0.3) is 11.8 Å². The summed E-state index contributed by atoms with van der Waals surface area (Å²) in [4.78, 5) is 30.2. The van der Waals surface area contributed by atoms with Gasteiger partial charge >= 0.3 is 0 Å². The topological polar surface area (TPSA) is 50.3 Å². The van der Waals surface area contributed by atoms with E-state index < -0.39 is 5.91 Å². The van der Waals surface area contributed by atoms with Gasteiger partial charge in [-0.3, -0.25) is 19.5 Å². The molecule has 0 radical (unpaired) electrons. The summed E-state index contributed by atoms with van der Waals surface area (Å²) in [6.07, 6.45) is 3.25. The molecule has 23 heavy (non-hydrogen) atoms. The fourth-order valence-electron chi connectivity index (χ4n) is 2.69. The van der Waals surface area contributed by atoms with Crippen molar-refractivity contribution in [1.82, 2.24) is 9.88 Å². The molecule has 4 nitrogen and oxygen atoms in total. The molecule has 3 rings (SSSR count). The average Bonchev–Trinajstić information content (AvgIpc) is 2.73. The molecular weight excluding hydrogens is 312 g/mol. The molecule has 0 N–H and O–H groups in total. The normalized spacial score (nSPS) is 14.8.